The van der Waals surface area contributed by atoms with Crippen molar-refractivity contribution >= 4 is 0 Å². The van der Waals surface area contributed by atoms with Crippen LogP contribution in [0.5, 0.6) is 0 Å². The van der Waals surface area contributed by atoms with Gasteiger partial charge in [-0.25, -0.2) is 0 Å². The number of rotatable bonds is 4. The topological polar surface area (TPSA) is 27.7 Å². The molecule has 3 heteroatoms. The first-order valence-electron chi connectivity index (χ1n) is 5.85. The molecule has 0 aromatic carbocycles. The molecule has 1 heterocycles. The highest BCUT2D eigenvalue weighted by Crippen LogP contribution is 2.37. The number of ether oxygens (including phenoxy) is 3. The molecule has 0 radical (unpaired) electrons. The molecule has 0 amide bonds. The molecule has 1 aliphatic heterocycles. The van der Waals surface area contributed by atoms with Gasteiger partial charge in [0.2, 0.25) is 0 Å². The minimum absolute atomic E-state index is 0.114. The minimum Gasteiger partial charge on any atom is -0.375 e. The van der Waals surface area contributed by atoms with Crippen molar-refractivity contribution in [1.29, 1.82) is 0 Å². The van der Waals surface area contributed by atoms with Crippen LogP contribution in [0.3, 0.4) is 0 Å². The molecular weight excluding hydrogens is 192 g/mol. The molecule has 1 saturated carbocycles. The lowest BCUT2D eigenvalue weighted by molar-refractivity contribution is -0.191. The van der Waals surface area contributed by atoms with Gasteiger partial charge in [-0.1, -0.05) is 12.5 Å². The molecular formula is C12H20O3. The van der Waals surface area contributed by atoms with Gasteiger partial charge in [-0.2, -0.15) is 0 Å². The van der Waals surface area contributed by atoms with E-state index < -0.39 is 0 Å². The summed E-state index contributed by atoms with van der Waals surface area (Å²) in [5, 5.41) is 0. The highest BCUT2D eigenvalue weighted by atomic mass is 16.7. The highest BCUT2D eigenvalue weighted by Gasteiger charge is 2.42. The molecule has 1 atom stereocenters. The van der Waals surface area contributed by atoms with Crippen LogP contribution in [-0.4, -0.2) is 31.7 Å². The van der Waals surface area contributed by atoms with E-state index in [1.54, 1.807) is 6.08 Å². The molecule has 2 aliphatic rings. The fourth-order valence-electron chi connectivity index (χ4n) is 2.33. The predicted octanol–water partition coefficient (Wildman–Crippen LogP) is 2.26. The van der Waals surface area contributed by atoms with Crippen LogP contribution in [0.1, 0.15) is 32.1 Å². The van der Waals surface area contributed by atoms with Crippen LogP contribution in [0, 0.1) is 0 Å². The first-order valence-corrected chi connectivity index (χ1v) is 5.85. The van der Waals surface area contributed by atoms with Crippen LogP contribution in [0.25, 0.3) is 0 Å². The summed E-state index contributed by atoms with van der Waals surface area (Å²) in [5.74, 6) is -0.263. The van der Waals surface area contributed by atoms with Gasteiger partial charge in [0.05, 0.1) is 19.8 Å². The highest BCUT2D eigenvalue weighted by molar-refractivity contribution is 4.82. The Morgan fingerprint density at radius 1 is 1.33 bits per heavy atom. The van der Waals surface area contributed by atoms with Gasteiger partial charge >= 0.3 is 0 Å². The Hall–Kier alpha value is -0.380. The molecule has 86 valence electrons. The molecule has 0 aromatic heterocycles. The maximum absolute atomic E-state index is 5.95. The zero-order valence-electron chi connectivity index (χ0n) is 9.24. The Morgan fingerprint density at radius 3 is 2.87 bits per heavy atom. The lowest BCUT2D eigenvalue weighted by Gasteiger charge is -2.31. The van der Waals surface area contributed by atoms with Gasteiger partial charge in [0.15, 0.2) is 5.79 Å². The fraction of sp³-hybridized carbons (Fsp3) is 0.833. The van der Waals surface area contributed by atoms with Crippen LogP contribution in [0.15, 0.2) is 12.7 Å². The lowest BCUT2D eigenvalue weighted by Crippen LogP contribution is -2.34. The van der Waals surface area contributed by atoms with E-state index in [1.165, 1.54) is 19.3 Å². The van der Waals surface area contributed by atoms with Crippen LogP contribution in [-0.2, 0) is 14.2 Å². The zero-order valence-corrected chi connectivity index (χ0v) is 9.24. The summed E-state index contributed by atoms with van der Waals surface area (Å²) in [4.78, 5) is 0. The third-order valence-electron chi connectivity index (χ3n) is 3.07. The van der Waals surface area contributed by atoms with E-state index in [1.807, 2.05) is 0 Å². The Labute approximate surface area is 91.4 Å². The van der Waals surface area contributed by atoms with E-state index in [4.69, 9.17) is 14.2 Å². The van der Waals surface area contributed by atoms with Crippen molar-refractivity contribution in [3.05, 3.63) is 12.7 Å². The van der Waals surface area contributed by atoms with Crippen molar-refractivity contribution in [3.8, 4) is 0 Å². The molecule has 1 aliphatic carbocycles. The quantitative estimate of drug-likeness (QED) is 0.528. The van der Waals surface area contributed by atoms with E-state index in [0.717, 1.165) is 12.8 Å². The molecule has 1 spiro atoms. The standard InChI is InChI=1S/C12H20O3/c1-2-8-13-9-11-10-14-12(15-11)6-4-3-5-7-12/h2,11H,1,3-10H2/t11-/m0/s1. The SMILES string of the molecule is C=CCOC[C@H]1COC2(CCCCC2)O1. The summed E-state index contributed by atoms with van der Waals surface area (Å²) >= 11 is 0. The van der Waals surface area contributed by atoms with E-state index in [9.17, 15) is 0 Å². The van der Waals surface area contributed by atoms with E-state index >= 15 is 0 Å². The average molecular weight is 212 g/mol. The second kappa shape index (κ2) is 5.10. The van der Waals surface area contributed by atoms with Crippen molar-refractivity contribution < 1.29 is 14.2 Å². The van der Waals surface area contributed by atoms with Gasteiger partial charge in [0.25, 0.3) is 0 Å². The van der Waals surface area contributed by atoms with Gasteiger partial charge in [-0.05, 0) is 12.8 Å². The predicted molar refractivity (Wildman–Crippen MR) is 57.7 cm³/mol. The second-order valence-electron chi connectivity index (χ2n) is 4.35. The Balaban J connectivity index is 1.75. The zero-order chi connectivity index (χ0) is 10.6. The maximum atomic E-state index is 5.95. The van der Waals surface area contributed by atoms with Gasteiger partial charge < -0.3 is 14.2 Å². The van der Waals surface area contributed by atoms with Crippen LogP contribution in [0.4, 0.5) is 0 Å². The summed E-state index contributed by atoms with van der Waals surface area (Å²) < 4.78 is 17.1. The van der Waals surface area contributed by atoms with Gasteiger partial charge in [0, 0.05) is 12.8 Å². The Bertz CT molecular complexity index is 209. The summed E-state index contributed by atoms with van der Waals surface area (Å²) in [7, 11) is 0. The summed E-state index contributed by atoms with van der Waals surface area (Å²) in [6, 6.07) is 0. The number of hydrogen-bond acceptors (Lipinski definition) is 3. The second-order valence-corrected chi connectivity index (χ2v) is 4.35. The molecule has 3 nitrogen and oxygen atoms in total. The average Bonchev–Trinajstić information content (AvgIpc) is 2.63. The fourth-order valence-corrected chi connectivity index (χ4v) is 2.33. The smallest absolute Gasteiger partial charge is 0.169 e. The monoisotopic (exact) mass is 212 g/mol. The molecule has 0 N–H and O–H groups in total. The number of hydrogen-bond donors (Lipinski definition) is 0. The third-order valence-corrected chi connectivity index (χ3v) is 3.07. The molecule has 0 bridgehead atoms. The Kier molecular flexibility index (Phi) is 3.78. The third kappa shape index (κ3) is 2.80. The van der Waals surface area contributed by atoms with Crippen LogP contribution in [0.2, 0.25) is 0 Å². The summed E-state index contributed by atoms with van der Waals surface area (Å²) in [6.07, 6.45) is 7.72. The maximum Gasteiger partial charge on any atom is 0.169 e. The molecule has 2 rings (SSSR count). The molecule has 0 aromatic rings. The van der Waals surface area contributed by atoms with Crippen molar-refractivity contribution in [2.24, 2.45) is 0 Å². The molecule has 1 saturated heterocycles. The summed E-state index contributed by atoms with van der Waals surface area (Å²) in [5.41, 5.74) is 0. The summed E-state index contributed by atoms with van der Waals surface area (Å²) in [6.45, 7) is 5.50. The Morgan fingerprint density at radius 2 is 2.13 bits per heavy atom. The van der Waals surface area contributed by atoms with Gasteiger partial charge in [-0.15, -0.1) is 6.58 Å². The van der Waals surface area contributed by atoms with Crippen LogP contribution < -0.4 is 0 Å². The lowest BCUT2D eigenvalue weighted by atomic mass is 9.94. The first kappa shape index (κ1) is 11.1. The van der Waals surface area contributed by atoms with E-state index in [0.29, 0.717) is 19.8 Å². The van der Waals surface area contributed by atoms with Crippen molar-refractivity contribution in [2.45, 2.75) is 44.0 Å². The first-order chi connectivity index (χ1) is 7.35. The van der Waals surface area contributed by atoms with Gasteiger partial charge in [-0.3, -0.25) is 0 Å². The van der Waals surface area contributed by atoms with E-state index in [-0.39, 0.29) is 11.9 Å². The minimum atomic E-state index is -0.263. The normalized spacial score (nSPS) is 29.5. The molecule has 15 heavy (non-hydrogen) atoms. The molecule has 0 unspecified atom stereocenters. The van der Waals surface area contributed by atoms with Gasteiger partial charge in [0.1, 0.15) is 6.10 Å². The van der Waals surface area contributed by atoms with Crippen LogP contribution >= 0.6 is 0 Å². The van der Waals surface area contributed by atoms with Crippen molar-refractivity contribution in [1.82, 2.24) is 0 Å². The largest absolute Gasteiger partial charge is 0.375 e. The van der Waals surface area contributed by atoms with Crippen molar-refractivity contribution in [3.63, 3.8) is 0 Å². The van der Waals surface area contributed by atoms with E-state index in [2.05, 4.69) is 6.58 Å². The van der Waals surface area contributed by atoms with Crippen molar-refractivity contribution in [2.75, 3.05) is 19.8 Å². The molecule has 2 fully saturated rings.